The van der Waals surface area contributed by atoms with Crippen molar-refractivity contribution in [1.82, 2.24) is 19.5 Å². The van der Waals surface area contributed by atoms with E-state index in [1.54, 1.807) is 36.5 Å². The van der Waals surface area contributed by atoms with E-state index in [9.17, 15) is 26.4 Å². The first-order valence-corrected chi connectivity index (χ1v) is 23.6. The van der Waals surface area contributed by atoms with Gasteiger partial charge in [0.1, 0.15) is 0 Å². The molecule has 44 heavy (non-hydrogen) atoms. The maximum absolute atomic E-state index is 13.6. The summed E-state index contributed by atoms with van der Waals surface area (Å²) in [6.45, 7) is 4.73. The van der Waals surface area contributed by atoms with Gasteiger partial charge in [-0.1, -0.05) is 0 Å². The molecule has 1 aromatic carbocycles. The summed E-state index contributed by atoms with van der Waals surface area (Å²) in [7, 11) is -4.14. The Labute approximate surface area is 258 Å². The van der Waals surface area contributed by atoms with Crippen LogP contribution in [0.25, 0.3) is 5.82 Å². The predicted molar refractivity (Wildman–Crippen MR) is 163 cm³/mol. The number of sulfonamides is 1. The summed E-state index contributed by atoms with van der Waals surface area (Å²) in [6, 6.07) is 12.3. The van der Waals surface area contributed by atoms with E-state index in [4.69, 9.17) is 9.72 Å². The van der Waals surface area contributed by atoms with E-state index in [-0.39, 0.29) is 47.7 Å². The van der Waals surface area contributed by atoms with Crippen molar-refractivity contribution in [3.05, 3.63) is 60.3 Å². The van der Waals surface area contributed by atoms with Crippen molar-refractivity contribution in [2.24, 2.45) is 5.41 Å². The van der Waals surface area contributed by atoms with Crippen molar-refractivity contribution in [3.8, 4) is 11.7 Å². The van der Waals surface area contributed by atoms with Gasteiger partial charge >= 0.3 is 228 Å². The molecule has 0 bridgehead atoms. The van der Waals surface area contributed by atoms with E-state index in [1.165, 1.54) is 22.9 Å². The molecule has 238 valence electrons. The van der Waals surface area contributed by atoms with Crippen LogP contribution in [0, 0.1) is 5.41 Å². The Morgan fingerprint density at radius 1 is 1.09 bits per heavy atom. The van der Waals surface area contributed by atoms with Gasteiger partial charge in [-0.15, -0.1) is 0 Å². The van der Waals surface area contributed by atoms with E-state index in [0.717, 1.165) is 6.42 Å². The Balaban J connectivity index is 1.44. The maximum atomic E-state index is 13.6. The zero-order valence-corrected chi connectivity index (χ0v) is 28.4. The minimum atomic E-state index is -4.25. The Hall–Kier alpha value is -3.07. The third-order valence-electron chi connectivity index (χ3n) is 8.83. The van der Waals surface area contributed by atoms with Gasteiger partial charge in [0.05, 0.1) is 5.41 Å². The molecule has 1 N–H and O–H groups in total. The number of halogens is 3. The van der Waals surface area contributed by atoms with Crippen LogP contribution >= 0.6 is 0 Å². The fraction of sp³-hybridized carbons (Fsp3) is 0.500. The number of anilines is 1. The van der Waals surface area contributed by atoms with Crippen molar-refractivity contribution >= 4 is 35.0 Å². The van der Waals surface area contributed by atoms with Crippen LogP contribution in [-0.4, -0.2) is 67.2 Å². The van der Waals surface area contributed by atoms with Crippen LogP contribution in [0.5, 0.6) is 5.88 Å². The number of nitrogens with one attached hydrogen (secondary N) is 1. The number of alkyl halides is 3. The average molecular weight is 694 g/mol. The zero-order valence-electron chi connectivity index (χ0n) is 25.5. The average Bonchev–Trinajstić information content (AvgIpc) is 3.46. The summed E-state index contributed by atoms with van der Waals surface area (Å²) < 4.78 is 75.5. The molecule has 9 nitrogen and oxygen atoms in total. The molecular formula is C30H38F3GeN5O4S. The summed E-state index contributed by atoms with van der Waals surface area (Å²) in [6.07, 6.45) is -1.67. The van der Waals surface area contributed by atoms with Crippen molar-refractivity contribution in [1.29, 1.82) is 0 Å². The fourth-order valence-electron chi connectivity index (χ4n) is 5.67. The first kappa shape index (κ1) is 32.3. The molecule has 1 aliphatic carbocycles. The number of hydrogen-bond donors (Lipinski definition) is 1. The van der Waals surface area contributed by atoms with Crippen molar-refractivity contribution in [2.45, 2.75) is 78.2 Å². The number of hydrogen-bond acceptors (Lipinski definition) is 7. The minimum absolute atomic E-state index is 0.0335. The third kappa shape index (κ3) is 6.63. The third-order valence-corrected chi connectivity index (χ3v) is 16.1. The fourth-order valence-corrected chi connectivity index (χ4v) is 10.5. The number of aromatic nitrogens is 3. The van der Waals surface area contributed by atoms with Gasteiger partial charge in [-0.3, -0.25) is 0 Å². The Morgan fingerprint density at radius 2 is 1.77 bits per heavy atom. The number of amides is 1. The molecule has 2 aromatic heterocycles. The van der Waals surface area contributed by atoms with Crippen molar-refractivity contribution in [2.75, 3.05) is 18.1 Å². The van der Waals surface area contributed by atoms with Crippen LogP contribution < -0.4 is 14.4 Å². The number of carbonyl (C=O) groups excluding carboxylic acids is 1. The molecule has 1 amide bonds. The predicted octanol–water partition coefficient (Wildman–Crippen LogP) is 6.19. The quantitative estimate of drug-likeness (QED) is 0.252. The molecule has 3 aromatic rings. The summed E-state index contributed by atoms with van der Waals surface area (Å²) >= 11 is -2.14. The van der Waals surface area contributed by atoms with E-state index in [1.807, 2.05) is 0 Å². The molecule has 1 aliphatic heterocycles. The van der Waals surface area contributed by atoms with Crippen LogP contribution in [0.1, 0.15) is 49.9 Å². The second kappa shape index (κ2) is 11.4. The molecule has 5 rings (SSSR count). The Kier molecular flexibility index (Phi) is 8.36. The van der Waals surface area contributed by atoms with E-state index in [0.29, 0.717) is 22.9 Å². The molecule has 14 heteroatoms. The topological polar surface area (TPSA) is 106 Å². The summed E-state index contributed by atoms with van der Waals surface area (Å²) in [5.74, 6) is 7.08. The Morgan fingerprint density at radius 3 is 2.36 bits per heavy atom. The van der Waals surface area contributed by atoms with Gasteiger partial charge in [0.2, 0.25) is 0 Å². The van der Waals surface area contributed by atoms with E-state index < -0.39 is 40.8 Å². The van der Waals surface area contributed by atoms with E-state index >= 15 is 0 Å². The molecule has 0 unspecified atom stereocenters. The van der Waals surface area contributed by atoms with Crippen LogP contribution in [0.3, 0.4) is 0 Å². The molecule has 3 heterocycles. The van der Waals surface area contributed by atoms with Crippen LogP contribution in [0.15, 0.2) is 59.6 Å². The molecule has 1 saturated carbocycles. The number of pyridine rings is 1. The van der Waals surface area contributed by atoms with Gasteiger partial charge in [0.15, 0.2) is 0 Å². The van der Waals surface area contributed by atoms with Crippen LogP contribution in [0.4, 0.5) is 19.0 Å². The standard InChI is InChI=1S/C30H38F3GeN5O4S/c1-28(2)19-21(34(3,4)5)20-38(28)26-23(27(40)37-44(41,42)22-9-7-6-8-10-22)11-12-24(35-26)39-17-13-25(36-39)43-18-16-29(14-15-29)30(31,32)33/h6-13,17,21H,14-16,18-20H2,1-5H3,(H,37,40)/t21-/m1/s1. The van der Waals surface area contributed by atoms with Gasteiger partial charge in [-0.25, -0.2) is 0 Å². The van der Waals surface area contributed by atoms with Gasteiger partial charge in [-0.2, -0.15) is 13.2 Å². The normalized spacial score (nSPS) is 19.5. The van der Waals surface area contributed by atoms with Gasteiger partial charge in [0, 0.05) is 0 Å². The van der Waals surface area contributed by atoms with Gasteiger partial charge in [0.25, 0.3) is 0 Å². The van der Waals surface area contributed by atoms with Crippen LogP contribution in [0.2, 0.25) is 22.0 Å². The molecule has 0 spiro atoms. The number of ether oxygens (including phenoxy) is 1. The number of carbonyl (C=O) groups is 1. The summed E-state index contributed by atoms with van der Waals surface area (Å²) in [5, 5.41) is 4.36. The zero-order chi connectivity index (χ0) is 32.1. The second-order valence-corrected chi connectivity index (χ2v) is 26.8. The molecule has 0 radical (unpaired) electrons. The first-order valence-electron chi connectivity index (χ1n) is 14.6. The van der Waals surface area contributed by atoms with Crippen molar-refractivity contribution < 1.29 is 31.1 Å². The number of nitrogens with zero attached hydrogens (tertiary/aromatic N) is 4. The van der Waals surface area contributed by atoms with Gasteiger partial charge < -0.3 is 0 Å². The number of rotatable bonds is 10. The molecular weight excluding hydrogens is 656 g/mol. The monoisotopic (exact) mass is 695 g/mol. The molecule has 1 saturated heterocycles. The second-order valence-electron chi connectivity index (χ2n) is 13.5. The molecule has 2 fully saturated rings. The van der Waals surface area contributed by atoms with Crippen molar-refractivity contribution in [3.63, 3.8) is 0 Å². The summed E-state index contributed by atoms with van der Waals surface area (Å²) in [4.78, 5) is 20.4. The number of benzene rings is 1. The molecule has 1 atom stereocenters. The van der Waals surface area contributed by atoms with E-state index in [2.05, 4.69) is 45.8 Å². The van der Waals surface area contributed by atoms with Crippen LogP contribution in [-0.2, 0) is 10.0 Å². The first-order chi connectivity index (χ1) is 20.4. The molecule has 2 aliphatic rings. The SMILES string of the molecule is CC1(C)C[C@@H]([Ge]([CH3])([CH3])[CH3])CN1c1nc(-n2ccc(OCCC3(C(F)(F)F)CC3)n2)ccc1C(=O)NS(=O)(=O)c1ccccc1. The summed E-state index contributed by atoms with van der Waals surface area (Å²) in [5.41, 5.74) is -1.92. The Bertz CT molecular complexity index is 1630. The van der Waals surface area contributed by atoms with Gasteiger partial charge in [-0.05, 0) is 12.8 Å².